The van der Waals surface area contributed by atoms with Crippen LogP contribution < -0.4 is 10.1 Å². The predicted octanol–water partition coefficient (Wildman–Crippen LogP) is 3.69. The maximum absolute atomic E-state index is 12.3. The highest BCUT2D eigenvalue weighted by Crippen LogP contribution is 2.30. The van der Waals surface area contributed by atoms with Crippen LogP contribution in [0.4, 0.5) is 18.9 Å². The third-order valence-corrected chi connectivity index (χ3v) is 2.80. The number of rotatable bonds is 5. The van der Waals surface area contributed by atoms with Crippen molar-refractivity contribution in [2.24, 2.45) is 0 Å². The maximum Gasteiger partial charge on any atom is 0.573 e. The average Bonchev–Trinajstić information content (AvgIpc) is 2.45. The number of alkyl halides is 3. The molecule has 0 radical (unpaired) electrons. The van der Waals surface area contributed by atoms with Gasteiger partial charge >= 0.3 is 6.36 Å². The van der Waals surface area contributed by atoms with E-state index in [0.29, 0.717) is 6.54 Å². The number of aliphatic hydroxyl groups excluding tert-OH is 1. The molecule has 6 heteroatoms. The van der Waals surface area contributed by atoms with Gasteiger partial charge in [-0.15, -0.1) is 13.2 Å². The van der Waals surface area contributed by atoms with Crippen LogP contribution in [0.25, 0.3) is 0 Å². The van der Waals surface area contributed by atoms with Gasteiger partial charge in [-0.25, -0.2) is 0 Å². The minimum absolute atomic E-state index is 0.0457. The van der Waals surface area contributed by atoms with Gasteiger partial charge in [0.1, 0.15) is 0 Å². The molecule has 0 amide bonds. The maximum atomic E-state index is 12.3. The van der Waals surface area contributed by atoms with E-state index in [4.69, 9.17) is 5.11 Å². The molecular weight excluding hydrogens is 283 g/mol. The number of ether oxygens (including phenoxy) is 1. The Morgan fingerprint density at radius 1 is 0.952 bits per heavy atom. The quantitative estimate of drug-likeness (QED) is 0.884. The zero-order valence-electron chi connectivity index (χ0n) is 11.0. The van der Waals surface area contributed by atoms with E-state index in [1.807, 2.05) is 0 Å². The van der Waals surface area contributed by atoms with E-state index in [1.54, 1.807) is 30.3 Å². The number of anilines is 1. The van der Waals surface area contributed by atoms with E-state index in [0.717, 1.165) is 11.1 Å². The normalized spacial score (nSPS) is 11.2. The molecule has 0 aromatic heterocycles. The first-order chi connectivity index (χ1) is 9.98. The summed E-state index contributed by atoms with van der Waals surface area (Å²) < 4.78 is 40.8. The zero-order valence-corrected chi connectivity index (χ0v) is 11.0. The lowest BCUT2D eigenvalue weighted by Crippen LogP contribution is -2.18. The third-order valence-electron chi connectivity index (χ3n) is 2.80. The fraction of sp³-hybridized carbons (Fsp3) is 0.200. The average molecular weight is 297 g/mol. The molecule has 2 N–H and O–H groups in total. The molecule has 0 heterocycles. The summed E-state index contributed by atoms with van der Waals surface area (Å²) in [6, 6.07) is 13.0. The van der Waals surface area contributed by atoms with E-state index in [1.165, 1.54) is 18.2 Å². The highest BCUT2D eigenvalue weighted by atomic mass is 19.4. The molecule has 0 atom stereocenters. The fourth-order valence-corrected chi connectivity index (χ4v) is 1.79. The number of nitrogens with one attached hydrogen (secondary N) is 1. The summed E-state index contributed by atoms with van der Waals surface area (Å²) in [4.78, 5) is 0. The first-order valence-corrected chi connectivity index (χ1v) is 6.25. The minimum atomic E-state index is -4.72. The van der Waals surface area contributed by atoms with Crippen molar-refractivity contribution >= 4 is 5.69 Å². The molecule has 0 fully saturated rings. The van der Waals surface area contributed by atoms with Gasteiger partial charge in [0.25, 0.3) is 0 Å². The molecular formula is C15H14F3NO2. The second-order valence-electron chi connectivity index (χ2n) is 4.37. The Hall–Kier alpha value is -2.21. The Labute approximate surface area is 120 Å². The van der Waals surface area contributed by atoms with Gasteiger partial charge in [-0.05, 0) is 23.3 Å². The largest absolute Gasteiger partial charge is 0.573 e. The number of hydrogen-bond donors (Lipinski definition) is 2. The van der Waals surface area contributed by atoms with Crippen LogP contribution >= 0.6 is 0 Å². The van der Waals surface area contributed by atoms with Gasteiger partial charge in [-0.2, -0.15) is 0 Å². The van der Waals surface area contributed by atoms with E-state index in [9.17, 15) is 13.2 Å². The minimum Gasteiger partial charge on any atom is -0.404 e. The van der Waals surface area contributed by atoms with Gasteiger partial charge in [-0.3, -0.25) is 0 Å². The molecule has 2 rings (SSSR count). The molecule has 0 saturated heterocycles. The van der Waals surface area contributed by atoms with Crippen LogP contribution in [0, 0.1) is 0 Å². The highest BCUT2D eigenvalue weighted by Gasteiger charge is 2.32. The van der Waals surface area contributed by atoms with Crippen LogP contribution in [0.5, 0.6) is 5.75 Å². The highest BCUT2D eigenvalue weighted by molar-refractivity contribution is 5.56. The van der Waals surface area contributed by atoms with Crippen LogP contribution in [-0.2, 0) is 13.2 Å². The van der Waals surface area contributed by atoms with Crippen LogP contribution in [0.2, 0.25) is 0 Å². The second kappa shape index (κ2) is 6.49. The smallest absolute Gasteiger partial charge is 0.404 e. The molecule has 0 unspecified atom stereocenters. The summed E-state index contributed by atoms with van der Waals surface area (Å²) in [5, 5.41) is 11.8. The van der Waals surface area contributed by atoms with Crippen molar-refractivity contribution < 1.29 is 23.0 Å². The summed E-state index contributed by atoms with van der Waals surface area (Å²) in [5.74, 6) is -0.267. The number of halogens is 3. The van der Waals surface area contributed by atoms with Crippen molar-refractivity contribution in [1.29, 1.82) is 0 Å². The number of benzene rings is 2. The monoisotopic (exact) mass is 297 g/mol. The molecule has 0 aliphatic rings. The Kier molecular flexibility index (Phi) is 4.70. The Morgan fingerprint density at radius 3 is 2.19 bits per heavy atom. The topological polar surface area (TPSA) is 41.5 Å². The summed E-state index contributed by atoms with van der Waals surface area (Å²) in [7, 11) is 0. The van der Waals surface area contributed by atoms with Crippen molar-refractivity contribution in [2.45, 2.75) is 19.5 Å². The summed E-state index contributed by atoms with van der Waals surface area (Å²) in [6.45, 7) is 0.305. The van der Waals surface area contributed by atoms with Crippen molar-refractivity contribution in [2.75, 3.05) is 5.32 Å². The van der Waals surface area contributed by atoms with Crippen LogP contribution in [0.1, 0.15) is 11.1 Å². The van der Waals surface area contributed by atoms with Crippen molar-refractivity contribution in [3.8, 4) is 5.75 Å². The van der Waals surface area contributed by atoms with Crippen LogP contribution in [0.15, 0.2) is 48.5 Å². The van der Waals surface area contributed by atoms with Crippen molar-refractivity contribution in [1.82, 2.24) is 0 Å². The molecule has 112 valence electrons. The second-order valence-corrected chi connectivity index (χ2v) is 4.37. The molecule has 0 bridgehead atoms. The lowest BCUT2D eigenvalue weighted by Gasteiger charge is -2.14. The first kappa shape index (κ1) is 15.2. The van der Waals surface area contributed by atoms with E-state index < -0.39 is 6.36 Å². The molecule has 0 spiro atoms. The molecule has 2 aromatic carbocycles. The molecule has 2 aromatic rings. The lowest BCUT2D eigenvalue weighted by molar-refractivity contribution is -0.274. The third kappa shape index (κ3) is 4.68. The summed E-state index contributed by atoms with van der Waals surface area (Å²) in [6.07, 6.45) is -4.72. The van der Waals surface area contributed by atoms with E-state index >= 15 is 0 Å². The van der Waals surface area contributed by atoms with E-state index in [-0.39, 0.29) is 18.0 Å². The van der Waals surface area contributed by atoms with Gasteiger partial charge in [0, 0.05) is 6.54 Å². The SMILES string of the molecule is OCc1ccc(CNc2ccccc2OC(F)(F)F)cc1. The molecule has 3 nitrogen and oxygen atoms in total. The molecule has 21 heavy (non-hydrogen) atoms. The Bertz CT molecular complexity index is 582. The van der Waals surface area contributed by atoms with Gasteiger partial charge in [0.05, 0.1) is 12.3 Å². The standard InChI is InChI=1S/C15H14F3NO2/c16-15(17,18)21-14-4-2-1-3-13(14)19-9-11-5-7-12(10-20)8-6-11/h1-8,19-20H,9-10H2. The van der Waals surface area contributed by atoms with Gasteiger partial charge in [0.2, 0.25) is 0 Å². The summed E-state index contributed by atoms with van der Waals surface area (Å²) >= 11 is 0. The number of para-hydroxylation sites is 2. The van der Waals surface area contributed by atoms with Gasteiger partial charge < -0.3 is 15.2 Å². The predicted molar refractivity (Wildman–Crippen MR) is 72.8 cm³/mol. The van der Waals surface area contributed by atoms with Gasteiger partial charge in [0.15, 0.2) is 5.75 Å². The fourth-order valence-electron chi connectivity index (χ4n) is 1.79. The number of aliphatic hydroxyl groups is 1. The first-order valence-electron chi connectivity index (χ1n) is 6.25. The van der Waals surface area contributed by atoms with Crippen LogP contribution in [-0.4, -0.2) is 11.5 Å². The Balaban J connectivity index is 2.05. The zero-order chi connectivity index (χ0) is 15.3. The van der Waals surface area contributed by atoms with Crippen molar-refractivity contribution in [3.05, 3.63) is 59.7 Å². The van der Waals surface area contributed by atoms with Crippen molar-refractivity contribution in [3.63, 3.8) is 0 Å². The molecule has 0 saturated carbocycles. The van der Waals surface area contributed by atoms with E-state index in [2.05, 4.69) is 10.1 Å². The number of hydrogen-bond acceptors (Lipinski definition) is 3. The molecule has 0 aliphatic carbocycles. The molecule has 0 aliphatic heterocycles. The van der Waals surface area contributed by atoms with Crippen LogP contribution in [0.3, 0.4) is 0 Å². The summed E-state index contributed by atoms with van der Waals surface area (Å²) in [5.41, 5.74) is 1.93. The lowest BCUT2D eigenvalue weighted by atomic mass is 10.1. The Morgan fingerprint density at radius 2 is 1.57 bits per heavy atom. The van der Waals surface area contributed by atoms with Gasteiger partial charge in [-0.1, -0.05) is 36.4 Å².